The number of aromatic amines is 1. The molecule has 0 aromatic carbocycles. The average Bonchev–Trinajstić information content (AvgIpc) is 3.43. The molecular formula is C18H17N7O2. The Labute approximate surface area is 153 Å². The molecule has 1 N–H and O–H groups in total. The fraction of sp³-hybridized carbons (Fsp3) is 0.389. The highest BCUT2D eigenvalue weighted by Gasteiger charge is 2.47. The average molecular weight is 363 g/mol. The minimum atomic E-state index is -0.271. The van der Waals surface area contributed by atoms with Gasteiger partial charge in [-0.05, 0) is 37.8 Å². The van der Waals surface area contributed by atoms with E-state index in [1.165, 1.54) is 15.4 Å². The van der Waals surface area contributed by atoms with Gasteiger partial charge in [0.15, 0.2) is 0 Å². The molecule has 1 aliphatic heterocycles. The van der Waals surface area contributed by atoms with Crippen molar-refractivity contribution in [1.29, 1.82) is 5.26 Å². The SMILES string of the molecule is Cc1c(C(=O)N2CC3CC2C[C@H]3C#N)cnn1-c1nn2cccc2c(=O)[nH]1. The molecule has 2 fully saturated rings. The summed E-state index contributed by atoms with van der Waals surface area (Å²) in [5, 5.41) is 17.8. The van der Waals surface area contributed by atoms with E-state index in [0.29, 0.717) is 23.3 Å². The summed E-state index contributed by atoms with van der Waals surface area (Å²) in [5.41, 5.74) is 1.28. The van der Waals surface area contributed by atoms with Crippen LogP contribution in [0, 0.1) is 30.1 Å². The largest absolute Gasteiger partial charge is 0.335 e. The number of nitriles is 1. The van der Waals surface area contributed by atoms with Crippen LogP contribution in [0.25, 0.3) is 11.5 Å². The van der Waals surface area contributed by atoms with E-state index in [0.717, 1.165) is 12.8 Å². The summed E-state index contributed by atoms with van der Waals surface area (Å²) in [6.07, 6.45) is 4.85. The van der Waals surface area contributed by atoms with Gasteiger partial charge >= 0.3 is 0 Å². The van der Waals surface area contributed by atoms with E-state index in [-0.39, 0.29) is 35.3 Å². The number of hydrogen-bond donors (Lipinski definition) is 1. The summed E-state index contributed by atoms with van der Waals surface area (Å²) >= 11 is 0. The fourth-order valence-corrected chi connectivity index (χ4v) is 4.38. The minimum Gasteiger partial charge on any atom is -0.335 e. The molecule has 2 unspecified atom stereocenters. The molecule has 0 spiro atoms. The van der Waals surface area contributed by atoms with Gasteiger partial charge < -0.3 is 4.90 Å². The second-order valence-corrected chi connectivity index (χ2v) is 7.25. The van der Waals surface area contributed by atoms with E-state index in [2.05, 4.69) is 21.3 Å². The van der Waals surface area contributed by atoms with Crippen LogP contribution in [0.5, 0.6) is 0 Å². The van der Waals surface area contributed by atoms with E-state index in [9.17, 15) is 14.9 Å². The highest BCUT2D eigenvalue weighted by molar-refractivity contribution is 5.95. The summed E-state index contributed by atoms with van der Waals surface area (Å²) in [6, 6.07) is 5.90. The Hall–Kier alpha value is -3.41. The highest BCUT2D eigenvalue weighted by Crippen LogP contribution is 2.42. The number of piperidine rings is 1. The second kappa shape index (κ2) is 5.54. The summed E-state index contributed by atoms with van der Waals surface area (Å²) < 4.78 is 2.96. The molecule has 0 radical (unpaired) electrons. The predicted octanol–water partition coefficient (Wildman–Crippen LogP) is 0.891. The van der Waals surface area contributed by atoms with Crippen molar-refractivity contribution in [3.63, 3.8) is 0 Å². The number of H-pyrrole nitrogens is 1. The molecule has 2 aliphatic rings. The van der Waals surface area contributed by atoms with Crippen LogP contribution in [0.4, 0.5) is 0 Å². The predicted molar refractivity (Wildman–Crippen MR) is 94.3 cm³/mol. The van der Waals surface area contributed by atoms with E-state index in [1.807, 2.05) is 4.90 Å². The van der Waals surface area contributed by atoms with Crippen LogP contribution in [0.3, 0.4) is 0 Å². The van der Waals surface area contributed by atoms with Gasteiger partial charge in [-0.25, -0.2) is 9.20 Å². The minimum absolute atomic E-state index is 0.0606. The third kappa shape index (κ3) is 2.23. The number of amides is 1. The van der Waals surface area contributed by atoms with E-state index in [1.54, 1.807) is 25.3 Å². The molecular weight excluding hydrogens is 346 g/mol. The second-order valence-electron chi connectivity index (χ2n) is 7.25. The van der Waals surface area contributed by atoms with Crippen molar-refractivity contribution in [2.24, 2.45) is 11.8 Å². The van der Waals surface area contributed by atoms with E-state index >= 15 is 0 Å². The molecule has 2 bridgehead atoms. The number of nitrogens with zero attached hydrogens (tertiary/aromatic N) is 6. The molecule has 3 aromatic rings. The van der Waals surface area contributed by atoms with Crippen LogP contribution in [0.15, 0.2) is 29.3 Å². The smallest absolute Gasteiger partial charge is 0.276 e. The summed E-state index contributed by atoms with van der Waals surface area (Å²) in [5.74, 6) is 0.513. The number of rotatable bonds is 2. The van der Waals surface area contributed by atoms with Crippen molar-refractivity contribution in [3.8, 4) is 12.0 Å². The van der Waals surface area contributed by atoms with Crippen molar-refractivity contribution in [1.82, 2.24) is 29.3 Å². The highest BCUT2D eigenvalue weighted by atomic mass is 16.2. The van der Waals surface area contributed by atoms with Crippen LogP contribution >= 0.6 is 0 Å². The van der Waals surface area contributed by atoms with Gasteiger partial charge in [-0.1, -0.05) is 0 Å². The third-order valence-corrected chi connectivity index (χ3v) is 5.80. The van der Waals surface area contributed by atoms with Crippen molar-refractivity contribution < 1.29 is 4.79 Å². The first-order valence-electron chi connectivity index (χ1n) is 8.90. The zero-order valence-electron chi connectivity index (χ0n) is 14.7. The van der Waals surface area contributed by atoms with Crippen LogP contribution in [-0.4, -0.2) is 47.8 Å². The fourth-order valence-electron chi connectivity index (χ4n) is 4.38. The van der Waals surface area contributed by atoms with Gasteiger partial charge in [-0.3, -0.25) is 14.6 Å². The number of carbonyl (C=O) groups excluding carboxylic acids is 1. The monoisotopic (exact) mass is 363 g/mol. The lowest BCUT2D eigenvalue weighted by Crippen LogP contribution is -2.40. The Morgan fingerprint density at radius 3 is 3.00 bits per heavy atom. The lowest BCUT2D eigenvalue weighted by molar-refractivity contribution is 0.0687. The zero-order chi connectivity index (χ0) is 18.7. The van der Waals surface area contributed by atoms with Gasteiger partial charge in [0.2, 0.25) is 5.95 Å². The lowest BCUT2D eigenvalue weighted by atomic mass is 9.96. The molecule has 5 rings (SSSR count). The molecule has 1 saturated carbocycles. The van der Waals surface area contributed by atoms with Gasteiger partial charge in [0, 0.05) is 18.8 Å². The Kier molecular flexibility index (Phi) is 3.25. The molecule has 136 valence electrons. The summed E-state index contributed by atoms with van der Waals surface area (Å²) in [6.45, 7) is 2.41. The number of likely N-dealkylation sites (tertiary alicyclic amines) is 1. The van der Waals surface area contributed by atoms with Crippen molar-refractivity contribution in [3.05, 3.63) is 46.1 Å². The first-order valence-corrected chi connectivity index (χ1v) is 8.90. The van der Waals surface area contributed by atoms with Crippen LogP contribution in [0.1, 0.15) is 28.9 Å². The third-order valence-electron chi connectivity index (χ3n) is 5.80. The van der Waals surface area contributed by atoms with Crippen molar-refractivity contribution in [2.45, 2.75) is 25.8 Å². The van der Waals surface area contributed by atoms with Crippen LogP contribution in [0.2, 0.25) is 0 Å². The number of hydrogen-bond acceptors (Lipinski definition) is 5. The Balaban J connectivity index is 1.48. The molecule has 1 amide bonds. The van der Waals surface area contributed by atoms with E-state index in [4.69, 9.17) is 0 Å². The Morgan fingerprint density at radius 2 is 2.26 bits per heavy atom. The van der Waals surface area contributed by atoms with Gasteiger partial charge in [0.25, 0.3) is 11.5 Å². The van der Waals surface area contributed by atoms with Crippen molar-refractivity contribution in [2.75, 3.05) is 6.54 Å². The zero-order valence-corrected chi connectivity index (χ0v) is 14.7. The quantitative estimate of drug-likeness (QED) is 0.727. The van der Waals surface area contributed by atoms with Gasteiger partial charge in [0.05, 0.1) is 29.4 Å². The maximum absolute atomic E-state index is 13.0. The molecule has 1 saturated heterocycles. The summed E-state index contributed by atoms with van der Waals surface area (Å²) in [7, 11) is 0. The molecule has 27 heavy (non-hydrogen) atoms. The topological polar surface area (TPSA) is 112 Å². The Bertz CT molecular complexity index is 1160. The van der Waals surface area contributed by atoms with Crippen molar-refractivity contribution >= 4 is 11.4 Å². The number of carbonyl (C=O) groups is 1. The normalized spacial score (nSPS) is 23.9. The standard InChI is InChI=1S/C18H17N7O2/c1-10-14(17(27)23-9-12-6-13(23)5-11(12)7-19)8-20-25(10)18-21-16(26)15-3-2-4-24(15)22-18/h2-4,8,11-13H,5-6,9H2,1H3,(H,21,22,26)/t11-,12?,13?/m0/s1. The molecule has 9 heteroatoms. The molecule has 3 atom stereocenters. The molecule has 3 aromatic heterocycles. The van der Waals surface area contributed by atoms with Gasteiger partial charge in [-0.2, -0.15) is 10.4 Å². The van der Waals surface area contributed by atoms with Crippen LogP contribution in [-0.2, 0) is 0 Å². The maximum atomic E-state index is 13.0. The van der Waals surface area contributed by atoms with E-state index < -0.39 is 0 Å². The maximum Gasteiger partial charge on any atom is 0.276 e. The molecule has 1 aliphatic carbocycles. The number of nitrogens with one attached hydrogen (secondary N) is 1. The molecule has 4 heterocycles. The van der Waals surface area contributed by atoms with Gasteiger partial charge in [0.1, 0.15) is 5.52 Å². The van der Waals surface area contributed by atoms with Crippen LogP contribution < -0.4 is 5.56 Å². The molecule has 9 nitrogen and oxygen atoms in total. The number of aromatic nitrogens is 5. The summed E-state index contributed by atoms with van der Waals surface area (Å²) in [4.78, 5) is 29.8. The number of fused-ring (bicyclic) bond motifs is 3. The lowest BCUT2D eigenvalue weighted by Gasteiger charge is -2.28. The first kappa shape index (κ1) is 15.8. The first-order chi connectivity index (χ1) is 13.1. The van der Waals surface area contributed by atoms with Gasteiger partial charge in [-0.15, -0.1) is 5.10 Å². The Morgan fingerprint density at radius 1 is 1.41 bits per heavy atom.